The van der Waals surface area contributed by atoms with E-state index in [-0.39, 0.29) is 12.3 Å². The molecule has 4 atom stereocenters. The third kappa shape index (κ3) is 2.65. The number of imide groups is 1. The molecule has 1 heterocycles. The summed E-state index contributed by atoms with van der Waals surface area (Å²) in [5, 5.41) is 5.33. The third-order valence-corrected chi connectivity index (χ3v) is 7.24. The minimum Gasteiger partial charge on any atom is -0.369 e. The van der Waals surface area contributed by atoms with E-state index >= 15 is 0 Å². The van der Waals surface area contributed by atoms with Crippen LogP contribution in [0.5, 0.6) is 0 Å². The van der Waals surface area contributed by atoms with Crippen LogP contribution in [0.4, 0.5) is 4.79 Å². The molecular weight excluding hydrogens is 396 g/mol. The first kappa shape index (κ1) is 19.7. The highest BCUT2D eigenvalue weighted by Crippen LogP contribution is 2.60. The van der Waals surface area contributed by atoms with Crippen LogP contribution in [0.2, 0.25) is 5.02 Å². The van der Waals surface area contributed by atoms with Gasteiger partial charge in [-0.25, -0.2) is 4.79 Å². The molecule has 154 valence electrons. The number of hydrogen-bond donors (Lipinski definition) is 4. The zero-order valence-corrected chi connectivity index (χ0v) is 16.5. The summed E-state index contributed by atoms with van der Waals surface area (Å²) in [5.41, 5.74) is 9.50. The van der Waals surface area contributed by atoms with Crippen LogP contribution >= 0.6 is 11.6 Å². The normalized spacial score (nSPS) is 31.1. The Morgan fingerprint density at radius 3 is 2.38 bits per heavy atom. The van der Waals surface area contributed by atoms with Crippen LogP contribution in [-0.4, -0.2) is 29.3 Å². The molecule has 1 aromatic rings. The van der Waals surface area contributed by atoms with Crippen molar-refractivity contribution in [1.29, 1.82) is 0 Å². The maximum absolute atomic E-state index is 13.2. The average molecular weight is 419 g/mol. The predicted octanol–water partition coefficient (Wildman–Crippen LogP) is 0.953. The third-order valence-electron chi connectivity index (χ3n) is 7.01. The van der Waals surface area contributed by atoms with Gasteiger partial charge in [-0.3, -0.25) is 19.7 Å². The lowest BCUT2D eigenvalue weighted by Crippen LogP contribution is -2.75. The van der Waals surface area contributed by atoms with Gasteiger partial charge in [-0.2, -0.15) is 0 Å². The summed E-state index contributed by atoms with van der Waals surface area (Å²) in [5.74, 6) is -3.70. The highest BCUT2D eigenvalue weighted by Gasteiger charge is 2.73. The van der Waals surface area contributed by atoms with Crippen molar-refractivity contribution < 1.29 is 19.2 Å². The molecule has 1 aliphatic heterocycles. The van der Waals surface area contributed by atoms with Gasteiger partial charge in [0.25, 0.3) is 5.91 Å². The van der Waals surface area contributed by atoms with Crippen LogP contribution in [0.25, 0.3) is 0 Å². The number of urea groups is 1. The van der Waals surface area contributed by atoms with Gasteiger partial charge in [0.1, 0.15) is 5.54 Å². The predicted molar refractivity (Wildman–Crippen MR) is 104 cm³/mol. The van der Waals surface area contributed by atoms with E-state index in [0.29, 0.717) is 23.4 Å². The molecule has 9 heteroatoms. The number of hydrogen-bond acceptors (Lipinski definition) is 4. The number of amides is 5. The highest BCUT2D eigenvalue weighted by molar-refractivity contribution is 6.30. The first-order chi connectivity index (χ1) is 13.7. The maximum Gasteiger partial charge on any atom is 0.322 e. The first-order valence-corrected chi connectivity index (χ1v) is 10.1. The number of nitrogens with one attached hydrogen (secondary N) is 2. The fourth-order valence-electron chi connectivity index (χ4n) is 5.91. The molecule has 0 aromatic heterocycles. The average Bonchev–Trinajstić information content (AvgIpc) is 3.26. The van der Waals surface area contributed by atoms with Gasteiger partial charge < -0.3 is 16.8 Å². The second-order valence-electron chi connectivity index (χ2n) is 8.30. The van der Waals surface area contributed by atoms with Gasteiger partial charge in [0.15, 0.2) is 0 Å². The van der Waals surface area contributed by atoms with Gasteiger partial charge in [-0.15, -0.1) is 0 Å². The van der Waals surface area contributed by atoms with Gasteiger partial charge >= 0.3 is 6.03 Å². The number of primary amides is 2. The van der Waals surface area contributed by atoms with Crippen LogP contribution in [-0.2, 0) is 19.8 Å². The maximum atomic E-state index is 13.2. The van der Waals surface area contributed by atoms with Crippen molar-refractivity contribution in [3.05, 3.63) is 34.9 Å². The molecule has 3 fully saturated rings. The molecule has 5 amide bonds. The second-order valence-corrected chi connectivity index (χ2v) is 8.73. The highest BCUT2D eigenvalue weighted by atomic mass is 35.5. The fourth-order valence-corrected chi connectivity index (χ4v) is 6.10. The fraction of sp³-hybridized carbons (Fsp3) is 0.500. The molecule has 2 aliphatic carbocycles. The monoisotopic (exact) mass is 418 g/mol. The molecule has 1 spiro atoms. The molecule has 0 bridgehead atoms. The summed E-state index contributed by atoms with van der Waals surface area (Å²) >= 11 is 6.24. The van der Waals surface area contributed by atoms with Crippen molar-refractivity contribution in [2.75, 3.05) is 0 Å². The SMILES string of the molecule is NC(=O)C1CC2(NC(=O)NC2=O)C1[C@](C(N)=O)(c1cccc(Cl)c1)C1CCCC1. The standard InChI is InChI=1S/C20H23ClN4O4/c21-12-7-3-6-11(8-12)20(16(23)27,10-4-1-2-5-10)14-13(15(22)26)9-19(14)17(28)24-18(29)25-19/h3,6-8,10,13-14H,1-2,4-5,9H2,(H2,22,26)(H2,23,27)(H2,24,25,28,29)/t13?,14?,19?,20-/m1/s1. The Balaban J connectivity index is 1.98. The van der Waals surface area contributed by atoms with Crippen LogP contribution in [0.1, 0.15) is 37.7 Å². The molecule has 1 aromatic carbocycles. The lowest BCUT2D eigenvalue weighted by atomic mass is 9.44. The van der Waals surface area contributed by atoms with Gasteiger partial charge in [0.05, 0.1) is 5.41 Å². The quantitative estimate of drug-likeness (QED) is 0.527. The Kier molecular flexibility index (Phi) is 4.57. The van der Waals surface area contributed by atoms with Crippen LogP contribution in [0.15, 0.2) is 24.3 Å². The summed E-state index contributed by atoms with van der Waals surface area (Å²) < 4.78 is 0. The van der Waals surface area contributed by atoms with Crippen molar-refractivity contribution in [2.24, 2.45) is 29.2 Å². The molecule has 3 unspecified atom stereocenters. The molecule has 0 radical (unpaired) electrons. The van der Waals surface area contributed by atoms with E-state index < -0.39 is 46.5 Å². The van der Waals surface area contributed by atoms with Crippen LogP contribution < -0.4 is 22.1 Å². The number of nitrogens with two attached hydrogens (primary N) is 2. The second kappa shape index (κ2) is 6.73. The summed E-state index contributed by atoms with van der Waals surface area (Å²) in [7, 11) is 0. The number of benzene rings is 1. The number of carbonyl (C=O) groups excluding carboxylic acids is 4. The van der Waals surface area contributed by atoms with Crippen molar-refractivity contribution in [2.45, 2.75) is 43.1 Å². The largest absolute Gasteiger partial charge is 0.369 e. The van der Waals surface area contributed by atoms with E-state index in [4.69, 9.17) is 23.1 Å². The van der Waals surface area contributed by atoms with E-state index in [1.165, 1.54) is 0 Å². The van der Waals surface area contributed by atoms with Crippen molar-refractivity contribution >= 4 is 35.4 Å². The Labute approximate surface area is 172 Å². The molecule has 1 saturated heterocycles. The Morgan fingerprint density at radius 2 is 1.86 bits per heavy atom. The van der Waals surface area contributed by atoms with Crippen molar-refractivity contribution in [3.63, 3.8) is 0 Å². The molecule has 8 nitrogen and oxygen atoms in total. The molecule has 29 heavy (non-hydrogen) atoms. The van der Waals surface area contributed by atoms with E-state index in [1.54, 1.807) is 24.3 Å². The minimum absolute atomic E-state index is 0.0346. The Morgan fingerprint density at radius 1 is 1.17 bits per heavy atom. The molecule has 2 saturated carbocycles. The minimum atomic E-state index is -1.41. The molecular formula is C20H23ClN4O4. The Bertz CT molecular complexity index is 915. The summed E-state index contributed by atoms with van der Waals surface area (Å²) in [4.78, 5) is 50.4. The van der Waals surface area contributed by atoms with E-state index in [0.717, 1.165) is 12.8 Å². The first-order valence-electron chi connectivity index (χ1n) is 9.72. The van der Waals surface area contributed by atoms with Gasteiger partial charge in [-0.05, 0) is 42.9 Å². The number of halogens is 1. The van der Waals surface area contributed by atoms with Gasteiger partial charge in [0, 0.05) is 16.9 Å². The molecule has 6 N–H and O–H groups in total. The zero-order valence-electron chi connectivity index (χ0n) is 15.7. The van der Waals surface area contributed by atoms with Gasteiger partial charge in [0.2, 0.25) is 11.8 Å². The number of rotatable bonds is 5. The van der Waals surface area contributed by atoms with Crippen LogP contribution in [0.3, 0.4) is 0 Å². The summed E-state index contributed by atoms with van der Waals surface area (Å²) in [6.07, 6.45) is 3.26. The summed E-state index contributed by atoms with van der Waals surface area (Å²) in [6, 6.07) is 6.13. The molecule has 3 aliphatic rings. The number of carbonyl (C=O) groups is 4. The van der Waals surface area contributed by atoms with E-state index in [9.17, 15) is 19.2 Å². The lowest BCUT2D eigenvalue weighted by molar-refractivity contribution is -0.156. The smallest absolute Gasteiger partial charge is 0.322 e. The molecule has 4 rings (SSSR count). The van der Waals surface area contributed by atoms with Crippen molar-refractivity contribution in [1.82, 2.24) is 10.6 Å². The summed E-state index contributed by atoms with van der Waals surface area (Å²) in [6.45, 7) is 0. The van der Waals surface area contributed by atoms with Crippen molar-refractivity contribution in [3.8, 4) is 0 Å². The van der Waals surface area contributed by atoms with Gasteiger partial charge in [-0.1, -0.05) is 36.6 Å². The van der Waals surface area contributed by atoms with E-state index in [1.807, 2.05) is 0 Å². The van der Waals surface area contributed by atoms with Crippen LogP contribution in [0, 0.1) is 17.8 Å². The lowest BCUT2D eigenvalue weighted by Gasteiger charge is -2.59. The zero-order chi connectivity index (χ0) is 21.0. The topological polar surface area (TPSA) is 144 Å². The van der Waals surface area contributed by atoms with E-state index in [2.05, 4.69) is 10.6 Å². The Hall–Kier alpha value is -2.61.